The number of carbonyl (C=O) groups excluding carboxylic acids is 1. The topological polar surface area (TPSA) is 17.1 Å². The number of hydrogen-bond acceptors (Lipinski definition) is 1. The van der Waals surface area contributed by atoms with Gasteiger partial charge in [0.05, 0.1) is 5.25 Å². The van der Waals surface area contributed by atoms with Crippen molar-refractivity contribution >= 4 is 18.9 Å². The fraction of sp³-hybridized carbons (Fsp3) is 0.333. The van der Waals surface area contributed by atoms with Gasteiger partial charge in [-0.25, -0.2) is 0 Å². The third-order valence-corrected chi connectivity index (χ3v) is 0.263. The third kappa shape index (κ3) is 4.02. The maximum absolute atomic E-state index is 9.34. The molecular formula is C3H4OS. The van der Waals surface area contributed by atoms with Crippen LogP contribution in [0, 0.1) is 6.92 Å². The first-order chi connectivity index (χ1) is 2.27. The molecule has 0 heterocycles. The van der Waals surface area contributed by atoms with E-state index < -0.39 is 5.25 Å². The van der Waals surface area contributed by atoms with Gasteiger partial charge in [0.15, 0.2) is 0 Å². The van der Waals surface area contributed by atoms with Crippen molar-refractivity contribution in [3.05, 3.63) is 6.92 Å². The molecule has 1 nitrogen and oxygen atoms in total. The molecule has 0 bridgehead atoms. The SMILES string of the molecule is [CH2]C([S])C=O. The molecule has 0 rings (SSSR count). The van der Waals surface area contributed by atoms with E-state index in [2.05, 4.69) is 19.6 Å². The van der Waals surface area contributed by atoms with E-state index in [4.69, 9.17) is 0 Å². The molecule has 2 radical (unpaired) electrons. The highest BCUT2D eigenvalue weighted by atomic mass is 32.1. The predicted octanol–water partition coefficient (Wildman–Crippen LogP) is 0.585. The van der Waals surface area contributed by atoms with Crippen LogP contribution in [0.2, 0.25) is 0 Å². The lowest BCUT2D eigenvalue weighted by molar-refractivity contribution is -0.106. The minimum atomic E-state index is -0.463. The summed E-state index contributed by atoms with van der Waals surface area (Å²) in [4.78, 5) is 9.34. The molecule has 0 aromatic heterocycles. The summed E-state index contributed by atoms with van der Waals surface area (Å²) in [6, 6.07) is 0. The van der Waals surface area contributed by atoms with E-state index in [1.807, 2.05) is 0 Å². The first-order valence-electron chi connectivity index (χ1n) is 1.21. The van der Waals surface area contributed by atoms with Gasteiger partial charge in [0.1, 0.15) is 6.29 Å². The van der Waals surface area contributed by atoms with Crippen LogP contribution in [-0.2, 0) is 4.79 Å². The van der Waals surface area contributed by atoms with E-state index in [9.17, 15) is 4.79 Å². The average molecular weight is 88.1 g/mol. The maximum atomic E-state index is 9.34. The highest BCUT2D eigenvalue weighted by Crippen LogP contribution is 1.80. The van der Waals surface area contributed by atoms with E-state index in [1.54, 1.807) is 0 Å². The van der Waals surface area contributed by atoms with Gasteiger partial charge in [0.2, 0.25) is 0 Å². The molecule has 0 saturated heterocycles. The van der Waals surface area contributed by atoms with E-state index in [-0.39, 0.29) is 0 Å². The van der Waals surface area contributed by atoms with Crippen molar-refractivity contribution in [1.82, 2.24) is 0 Å². The van der Waals surface area contributed by atoms with Crippen LogP contribution in [0.4, 0.5) is 0 Å². The second kappa shape index (κ2) is 2.27. The van der Waals surface area contributed by atoms with Gasteiger partial charge in [-0.2, -0.15) is 0 Å². The summed E-state index contributed by atoms with van der Waals surface area (Å²) in [5.41, 5.74) is 0. The smallest absolute Gasteiger partial charge is 0.133 e. The van der Waals surface area contributed by atoms with Crippen LogP contribution in [0.15, 0.2) is 0 Å². The molecular weight excluding hydrogens is 84.1 g/mol. The first kappa shape index (κ1) is 5.02. The van der Waals surface area contributed by atoms with Crippen molar-refractivity contribution in [3.8, 4) is 0 Å². The molecule has 2 heteroatoms. The minimum Gasteiger partial charge on any atom is -0.302 e. The van der Waals surface area contributed by atoms with Crippen molar-refractivity contribution < 1.29 is 4.79 Å². The van der Waals surface area contributed by atoms with E-state index in [0.717, 1.165) is 0 Å². The minimum absolute atomic E-state index is 0.463. The van der Waals surface area contributed by atoms with Crippen LogP contribution >= 0.6 is 12.6 Å². The van der Waals surface area contributed by atoms with Crippen LogP contribution in [0.5, 0.6) is 0 Å². The first-order valence-corrected chi connectivity index (χ1v) is 1.68. The molecule has 1 atom stereocenters. The molecule has 0 amide bonds. The standard InChI is InChI=1S/C3H4OS/c1-3(5)2-4/h2-3H,1H2. The van der Waals surface area contributed by atoms with Gasteiger partial charge < -0.3 is 4.79 Å². The van der Waals surface area contributed by atoms with E-state index in [0.29, 0.717) is 6.29 Å². The van der Waals surface area contributed by atoms with Gasteiger partial charge in [0, 0.05) is 0 Å². The van der Waals surface area contributed by atoms with Crippen LogP contribution < -0.4 is 0 Å². The van der Waals surface area contributed by atoms with E-state index in [1.165, 1.54) is 0 Å². The lowest BCUT2D eigenvalue weighted by Crippen LogP contribution is -1.88. The Hall–Kier alpha value is 0.0200. The van der Waals surface area contributed by atoms with Gasteiger partial charge in [-0.05, 0) is 6.92 Å². The monoisotopic (exact) mass is 88.0 g/mol. The zero-order chi connectivity index (χ0) is 4.28. The molecule has 0 spiro atoms. The number of hydrogen-bond donors (Lipinski definition) is 0. The van der Waals surface area contributed by atoms with Gasteiger partial charge in [0.25, 0.3) is 0 Å². The van der Waals surface area contributed by atoms with Gasteiger partial charge in [-0.3, -0.25) is 0 Å². The van der Waals surface area contributed by atoms with Crippen molar-refractivity contribution in [1.29, 1.82) is 0 Å². The zero-order valence-electron chi connectivity index (χ0n) is 2.68. The molecule has 1 unspecified atom stereocenters. The van der Waals surface area contributed by atoms with Crippen LogP contribution in [0.3, 0.4) is 0 Å². The molecule has 28 valence electrons. The number of rotatable bonds is 1. The Balaban J connectivity index is 2.83. The Morgan fingerprint density at radius 2 is 2.20 bits per heavy atom. The van der Waals surface area contributed by atoms with Crippen LogP contribution in [-0.4, -0.2) is 11.5 Å². The number of aldehydes is 1. The van der Waals surface area contributed by atoms with Crippen LogP contribution in [0.25, 0.3) is 0 Å². The molecule has 0 aromatic carbocycles. The summed E-state index contributed by atoms with van der Waals surface area (Å²) in [6.07, 6.45) is 0.620. The maximum Gasteiger partial charge on any atom is 0.133 e. The summed E-state index contributed by atoms with van der Waals surface area (Å²) >= 11 is 4.30. The molecule has 5 heavy (non-hydrogen) atoms. The molecule has 0 aliphatic carbocycles. The lowest BCUT2D eigenvalue weighted by Gasteiger charge is -1.75. The van der Waals surface area contributed by atoms with Crippen molar-refractivity contribution in [2.24, 2.45) is 0 Å². The Morgan fingerprint density at radius 1 is 2.00 bits per heavy atom. The normalized spacial score (nSPS) is 14.0. The zero-order valence-corrected chi connectivity index (χ0v) is 3.49. The molecule has 0 fully saturated rings. The van der Waals surface area contributed by atoms with Crippen molar-refractivity contribution in [3.63, 3.8) is 0 Å². The summed E-state index contributed by atoms with van der Waals surface area (Å²) in [6.45, 7) is 3.20. The highest BCUT2D eigenvalue weighted by molar-refractivity contribution is 7.81. The fourth-order valence-electron chi connectivity index (χ4n) is 0. The second-order valence-corrected chi connectivity index (χ2v) is 1.28. The summed E-state index contributed by atoms with van der Waals surface area (Å²) in [5, 5.41) is -0.463. The van der Waals surface area contributed by atoms with Crippen molar-refractivity contribution in [2.45, 2.75) is 5.25 Å². The average Bonchev–Trinajstić information content (AvgIpc) is 1.38. The molecule has 0 N–H and O–H groups in total. The Bertz CT molecular complexity index is 33.9. The second-order valence-electron chi connectivity index (χ2n) is 0.675. The third-order valence-electron chi connectivity index (χ3n) is 0.152. The molecule has 0 aromatic rings. The summed E-state index contributed by atoms with van der Waals surface area (Å²) in [5.74, 6) is 0. The van der Waals surface area contributed by atoms with Gasteiger partial charge in [-0.1, -0.05) is 12.6 Å². The quantitative estimate of drug-likeness (QED) is 0.429. The Kier molecular flexibility index (Phi) is 2.28. The largest absolute Gasteiger partial charge is 0.302 e. The number of carbonyl (C=O) groups is 1. The van der Waals surface area contributed by atoms with Crippen molar-refractivity contribution in [2.75, 3.05) is 0 Å². The Morgan fingerprint density at radius 3 is 2.20 bits per heavy atom. The highest BCUT2D eigenvalue weighted by Gasteiger charge is 1.82. The fourth-order valence-corrected chi connectivity index (χ4v) is 0. The predicted molar refractivity (Wildman–Crippen MR) is 22.8 cm³/mol. The molecule has 0 aliphatic heterocycles. The lowest BCUT2D eigenvalue weighted by atomic mass is 10.6. The Labute approximate surface area is 36.8 Å². The molecule has 0 saturated carbocycles. The summed E-state index contributed by atoms with van der Waals surface area (Å²) in [7, 11) is 0. The van der Waals surface area contributed by atoms with Gasteiger partial charge >= 0.3 is 0 Å². The van der Waals surface area contributed by atoms with Crippen LogP contribution in [0.1, 0.15) is 0 Å². The van der Waals surface area contributed by atoms with Gasteiger partial charge in [-0.15, -0.1) is 0 Å². The summed E-state index contributed by atoms with van der Waals surface area (Å²) < 4.78 is 0. The van der Waals surface area contributed by atoms with E-state index >= 15 is 0 Å². The molecule has 0 aliphatic rings.